The molecule has 0 aliphatic carbocycles. The molecular formula is C29H30FN5O2S. The monoisotopic (exact) mass is 531 g/mol. The van der Waals surface area contributed by atoms with Gasteiger partial charge in [-0.1, -0.05) is 18.2 Å². The average molecular weight is 532 g/mol. The number of hydrogen-bond donors (Lipinski definition) is 0. The summed E-state index contributed by atoms with van der Waals surface area (Å²) in [7, 11) is -0.776. The fourth-order valence-electron chi connectivity index (χ4n) is 6.56. The van der Waals surface area contributed by atoms with Gasteiger partial charge in [-0.25, -0.2) is 14.1 Å². The zero-order valence-electron chi connectivity index (χ0n) is 21.6. The number of benzene rings is 2. The Hall–Kier alpha value is -3.33. The quantitative estimate of drug-likeness (QED) is 0.507. The minimum absolute atomic E-state index is 0.0355. The first-order valence-corrected chi connectivity index (χ1v) is 14.6. The van der Waals surface area contributed by atoms with E-state index in [0.29, 0.717) is 30.5 Å². The topological polar surface area (TPSA) is 72.6 Å². The standard InChI is InChI=1S/C29H30FN5O2S/c1-19-32-18-35(33-19)25-8-3-20(24-9-12-37-26(24)25)13-21-14-29(16-38(36)17-29)15-34-27(21)31-11-10-28(34,2)22-4-6-23(30)7-5-22/h3-8,13,18H,9-12,14-17H2,1-2H3/b21-13+. The highest BCUT2D eigenvalue weighted by molar-refractivity contribution is 7.86. The fraction of sp³-hybridized carbons (Fsp3) is 0.414. The third-order valence-electron chi connectivity index (χ3n) is 8.52. The molecular weight excluding hydrogens is 501 g/mol. The molecule has 3 aromatic rings. The SMILES string of the molecule is Cc1ncn(-c2ccc(/C=C3\CC4(CN5C3=NCCC5(C)c3ccc(F)cc3)CS(=O)C4)c3c2OCC3)n1. The van der Waals surface area contributed by atoms with Crippen LogP contribution in [0.1, 0.15) is 42.3 Å². The van der Waals surface area contributed by atoms with Crippen molar-refractivity contribution in [2.45, 2.75) is 38.6 Å². The third-order valence-corrected chi connectivity index (χ3v) is 10.4. The Morgan fingerprint density at radius 1 is 1.16 bits per heavy atom. The normalized spacial score (nSPS) is 29.0. The molecule has 7 nitrogen and oxygen atoms in total. The maximum atomic E-state index is 13.8. The Morgan fingerprint density at radius 2 is 1.97 bits per heavy atom. The van der Waals surface area contributed by atoms with Gasteiger partial charge in [0.1, 0.15) is 35.2 Å². The van der Waals surface area contributed by atoms with E-state index >= 15 is 0 Å². The third kappa shape index (κ3) is 3.73. The first-order valence-electron chi connectivity index (χ1n) is 13.2. The lowest BCUT2D eigenvalue weighted by Crippen LogP contribution is -2.63. The van der Waals surface area contributed by atoms with E-state index in [1.807, 2.05) is 25.1 Å². The second kappa shape index (κ2) is 8.59. The molecule has 1 unspecified atom stereocenters. The lowest BCUT2D eigenvalue weighted by Gasteiger charge is -2.56. The van der Waals surface area contributed by atoms with E-state index in [9.17, 15) is 8.60 Å². The summed E-state index contributed by atoms with van der Waals surface area (Å²) in [6.07, 6.45) is 6.53. The number of nitrogens with zero attached hydrogens (tertiary/aromatic N) is 5. The van der Waals surface area contributed by atoms with Crippen LogP contribution in [-0.4, -0.2) is 60.9 Å². The molecule has 0 N–H and O–H groups in total. The van der Waals surface area contributed by atoms with Gasteiger partial charge >= 0.3 is 0 Å². The van der Waals surface area contributed by atoms with Crippen molar-refractivity contribution in [3.8, 4) is 11.4 Å². The number of piperidine rings is 1. The maximum Gasteiger partial charge on any atom is 0.148 e. The minimum atomic E-state index is -0.776. The van der Waals surface area contributed by atoms with Crippen molar-refractivity contribution < 1.29 is 13.3 Å². The molecule has 1 atom stereocenters. The van der Waals surface area contributed by atoms with E-state index in [1.165, 1.54) is 11.1 Å². The van der Waals surface area contributed by atoms with Crippen molar-refractivity contribution in [3.05, 3.63) is 76.6 Å². The molecule has 196 valence electrons. The van der Waals surface area contributed by atoms with Gasteiger partial charge in [0.2, 0.25) is 0 Å². The van der Waals surface area contributed by atoms with Crippen LogP contribution >= 0.6 is 0 Å². The van der Waals surface area contributed by atoms with Crippen LogP contribution in [0.3, 0.4) is 0 Å². The largest absolute Gasteiger partial charge is 0.491 e. The highest BCUT2D eigenvalue weighted by Crippen LogP contribution is 2.49. The minimum Gasteiger partial charge on any atom is -0.491 e. The maximum absolute atomic E-state index is 13.8. The summed E-state index contributed by atoms with van der Waals surface area (Å²) >= 11 is 0. The zero-order valence-corrected chi connectivity index (χ0v) is 22.4. The molecule has 4 aliphatic rings. The molecule has 0 radical (unpaired) electrons. The van der Waals surface area contributed by atoms with E-state index in [0.717, 1.165) is 54.2 Å². The van der Waals surface area contributed by atoms with E-state index in [4.69, 9.17) is 9.73 Å². The lowest BCUT2D eigenvalue weighted by molar-refractivity contribution is 0.102. The van der Waals surface area contributed by atoms with Crippen molar-refractivity contribution in [2.24, 2.45) is 10.4 Å². The molecule has 7 rings (SSSR count). The Bertz CT molecular complexity index is 1520. The van der Waals surface area contributed by atoms with Crippen LogP contribution in [0.2, 0.25) is 0 Å². The predicted molar refractivity (Wildman–Crippen MR) is 146 cm³/mol. The highest BCUT2D eigenvalue weighted by atomic mass is 32.2. The molecule has 0 saturated carbocycles. The van der Waals surface area contributed by atoms with Crippen molar-refractivity contribution in [1.82, 2.24) is 19.7 Å². The van der Waals surface area contributed by atoms with E-state index in [1.54, 1.807) is 23.1 Å². The number of ether oxygens (including phenoxy) is 1. The Morgan fingerprint density at radius 3 is 2.71 bits per heavy atom. The lowest BCUT2D eigenvalue weighted by atomic mass is 9.74. The van der Waals surface area contributed by atoms with Crippen molar-refractivity contribution in [1.29, 1.82) is 0 Å². The Balaban J connectivity index is 1.32. The molecule has 1 aromatic heterocycles. The summed E-state index contributed by atoms with van der Waals surface area (Å²) < 4.78 is 34.0. The van der Waals surface area contributed by atoms with Crippen molar-refractivity contribution >= 4 is 22.7 Å². The molecule has 0 amide bonds. The van der Waals surface area contributed by atoms with Crippen LogP contribution in [0.5, 0.6) is 5.75 Å². The number of aryl methyl sites for hydroxylation is 1. The van der Waals surface area contributed by atoms with Crippen molar-refractivity contribution in [2.75, 3.05) is 31.2 Å². The van der Waals surface area contributed by atoms with Gasteiger partial charge in [0.25, 0.3) is 0 Å². The fourth-order valence-corrected chi connectivity index (χ4v) is 8.23. The van der Waals surface area contributed by atoms with Crippen LogP contribution in [-0.2, 0) is 22.8 Å². The smallest absolute Gasteiger partial charge is 0.148 e. The summed E-state index contributed by atoms with van der Waals surface area (Å²) in [6.45, 7) is 6.27. The van der Waals surface area contributed by atoms with Crippen LogP contribution in [0.25, 0.3) is 11.8 Å². The number of hydrogen-bond acceptors (Lipinski definition) is 6. The second-order valence-electron chi connectivity index (χ2n) is 11.2. The summed E-state index contributed by atoms with van der Waals surface area (Å²) in [6, 6.07) is 11.1. The first-order chi connectivity index (χ1) is 18.3. The summed E-state index contributed by atoms with van der Waals surface area (Å²) in [5.74, 6) is 3.77. The van der Waals surface area contributed by atoms with Gasteiger partial charge in [0.15, 0.2) is 0 Å². The Kier molecular flexibility index (Phi) is 5.37. The molecule has 38 heavy (non-hydrogen) atoms. The first kappa shape index (κ1) is 23.8. The highest BCUT2D eigenvalue weighted by Gasteiger charge is 2.53. The number of rotatable bonds is 3. The number of amidine groups is 1. The second-order valence-corrected chi connectivity index (χ2v) is 12.7. The van der Waals surface area contributed by atoms with E-state index < -0.39 is 10.8 Å². The summed E-state index contributed by atoms with van der Waals surface area (Å²) in [5.41, 5.74) is 5.12. The molecule has 0 bridgehead atoms. The number of halogens is 1. The predicted octanol–water partition coefficient (Wildman–Crippen LogP) is 4.21. The molecule has 1 spiro atoms. The van der Waals surface area contributed by atoms with Gasteiger partial charge in [-0.05, 0) is 67.7 Å². The Labute approximate surface area is 223 Å². The molecule has 2 aromatic carbocycles. The number of aliphatic imine (C=N–C) groups is 1. The van der Waals surface area contributed by atoms with Gasteiger partial charge < -0.3 is 9.64 Å². The van der Waals surface area contributed by atoms with Crippen LogP contribution in [0, 0.1) is 18.2 Å². The van der Waals surface area contributed by atoms with Crippen molar-refractivity contribution in [3.63, 3.8) is 0 Å². The van der Waals surface area contributed by atoms with Gasteiger partial charge in [-0.3, -0.25) is 9.20 Å². The van der Waals surface area contributed by atoms with Gasteiger partial charge in [0, 0.05) is 52.8 Å². The van der Waals surface area contributed by atoms with E-state index in [-0.39, 0.29) is 16.8 Å². The summed E-state index contributed by atoms with van der Waals surface area (Å²) in [4.78, 5) is 11.7. The van der Waals surface area contributed by atoms with Crippen LogP contribution in [0.4, 0.5) is 4.39 Å². The number of aromatic nitrogens is 3. The molecule has 4 aliphatic heterocycles. The van der Waals surface area contributed by atoms with Gasteiger partial charge in [-0.2, -0.15) is 5.10 Å². The van der Waals surface area contributed by atoms with Gasteiger partial charge in [-0.15, -0.1) is 0 Å². The average Bonchev–Trinajstić information content (AvgIpc) is 3.54. The molecule has 9 heteroatoms. The summed E-state index contributed by atoms with van der Waals surface area (Å²) in [5, 5.41) is 4.48. The van der Waals surface area contributed by atoms with Gasteiger partial charge in [0.05, 0.1) is 12.1 Å². The van der Waals surface area contributed by atoms with Crippen LogP contribution in [0.15, 0.2) is 53.3 Å². The van der Waals surface area contributed by atoms with Crippen LogP contribution < -0.4 is 4.74 Å². The van der Waals surface area contributed by atoms with E-state index in [2.05, 4.69) is 34.0 Å². The molecule has 2 saturated heterocycles. The molecule has 5 heterocycles. The molecule has 2 fully saturated rings. The number of fused-ring (bicyclic) bond motifs is 2. The zero-order chi connectivity index (χ0) is 26.1.